The van der Waals surface area contributed by atoms with E-state index in [4.69, 9.17) is 18.9 Å². The highest BCUT2D eigenvalue weighted by molar-refractivity contribution is 6.15. The molecule has 4 rings (SSSR count). The van der Waals surface area contributed by atoms with Crippen molar-refractivity contribution in [3.05, 3.63) is 94.2 Å². The molecule has 162 valence electrons. The first kappa shape index (κ1) is 21.2. The number of ketones is 1. The summed E-state index contributed by atoms with van der Waals surface area (Å²) in [4.78, 5) is 24.4. The summed E-state index contributed by atoms with van der Waals surface area (Å²) in [5.74, 6) is 1.51. The number of Topliss-reactive ketones (excluding diaryl/α,β-unsaturated/α-hetero) is 1. The molecule has 0 aromatic heterocycles. The molecule has 32 heavy (non-hydrogen) atoms. The van der Waals surface area contributed by atoms with Gasteiger partial charge in [0.25, 0.3) is 0 Å². The van der Waals surface area contributed by atoms with Gasteiger partial charge >= 0.3 is 5.97 Å². The Hall–Kier alpha value is -4.06. The van der Waals surface area contributed by atoms with E-state index in [2.05, 4.69) is 0 Å². The number of esters is 1. The smallest absolute Gasteiger partial charge is 0.337 e. The van der Waals surface area contributed by atoms with Crippen molar-refractivity contribution in [2.45, 2.75) is 13.5 Å². The Bertz CT molecular complexity index is 1210. The van der Waals surface area contributed by atoms with Crippen molar-refractivity contribution in [3.8, 4) is 17.2 Å². The molecular weight excluding hydrogens is 408 g/mol. The van der Waals surface area contributed by atoms with Crippen LogP contribution < -0.4 is 14.2 Å². The maximum absolute atomic E-state index is 12.8. The van der Waals surface area contributed by atoms with Gasteiger partial charge in [0.15, 0.2) is 5.76 Å². The minimum absolute atomic E-state index is 0.195. The molecule has 0 saturated carbocycles. The minimum atomic E-state index is -0.415. The third-order valence-electron chi connectivity index (χ3n) is 5.19. The molecule has 1 aliphatic heterocycles. The third-order valence-corrected chi connectivity index (χ3v) is 5.19. The lowest BCUT2D eigenvalue weighted by Gasteiger charge is -2.12. The van der Waals surface area contributed by atoms with E-state index in [0.29, 0.717) is 29.2 Å². The number of allylic oxidation sites excluding steroid dienone is 1. The van der Waals surface area contributed by atoms with Crippen molar-refractivity contribution in [1.29, 1.82) is 0 Å². The molecule has 0 spiro atoms. The molecule has 0 aliphatic carbocycles. The molecule has 0 radical (unpaired) electrons. The molecular formula is C26H22O6. The van der Waals surface area contributed by atoms with Gasteiger partial charge in [0.05, 0.1) is 25.3 Å². The van der Waals surface area contributed by atoms with Crippen LogP contribution in [0.5, 0.6) is 17.2 Å². The Morgan fingerprint density at radius 2 is 1.81 bits per heavy atom. The van der Waals surface area contributed by atoms with Crippen molar-refractivity contribution < 1.29 is 28.5 Å². The van der Waals surface area contributed by atoms with E-state index in [1.165, 1.54) is 7.11 Å². The van der Waals surface area contributed by atoms with Gasteiger partial charge in [0.1, 0.15) is 23.9 Å². The van der Waals surface area contributed by atoms with Crippen molar-refractivity contribution in [2.24, 2.45) is 0 Å². The molecule has 0 bridgehead atoms. The third kappa shape index (κ3) is 4.21. The molecule has 0 atom stereocenters. The quantitative estimate of drug-likeness (QED) is 0.406. The first-order valence-electron chi connectivity index (χ1n) is 10.0. The lowest BCUT2D eigenvalue weighted by Crippen LogP contribution is -2.01. The average Bonchev–Trinajstić information content (AvgIpc) is 3.14. The average molecular weight is 430 g/mol. The molecule has 6 nitrogen and oxygen atoms in total. The summed E-state index contributed by atoms with van der Waals surface area (Å²) in [7, 11) is 2.95. The Kier molecular flexibility index (Phi) is 5.94. The molecule has 0 unspecified atom stereocenters. The summed E-state index contributed by atoms with van der Waals surface area (Å²) in [6.45, 7) is 2.22. The summed E-state index contributed by atoms with van der Waals surface area (Å²) < 4.78 is 21.8. The Labute approximate surface area is 186 Å². The lowest BCUT2D eigenvalue weighted by atomic mass is 10.1. The van der Waals surface area contributed by atoms with Gasteiger partial charge in [0, 0.05) is 5.56 Å². The normalized spacial score (nSPS) is 13.5. The van der Waals surface area contributed by atoms with Gasteiger partial charge in [-0.05, 0) is 60.5 Å². The molecule has 6 heteroatoms. The summed E-state index contributed by atoms with van der Waals surface area (Å²) >= 11 is 0. The van der Waals surface area contributed by atoms with E-state index < -0.39 is 5.97 Å². The van der Waals surface area contributed by atoms with Crippen molar-refractivity contribution in [1.82, 2.24) is 0 Å². The van der Waals surface area contributed by atoms with E-state index in [0.717, 1.165) is 22.4 Å². The van der Waals surface area contributed by atoms with Gasteiger partial charge in [-0.25, -0.2) is 4.79 Å². The number of carbonyl (C=O) groups is 2. The van der Waals surface area contributed by atoms with Gasteiger partial charge in [-0.2, -0.15) is 0 Å². The minimum Gasteiger partial charge on any atom is -0.497 e. The fourth-order valence-corrected chi connectivity index (χ4v) is 3.43. The topological polar surface area (TPSA) is 71.1 Å². The first-order valence-corrected chi connectivity index (χ1v) is 10.0. The van der Waals surface area contributed by atoms with E-state index >= 15 is 0 Å². The van der Waals surface area contributed by atoms with E-state index in [1.807, 2.05) is 31.2 Å². The highest BCUT2D eigenvalue weighted by Crippen LogP contribution is 2.39. The number of carbonyl (C=O) groups excluding carboxylic acids is 2. The van der Waals surface area contributed by atoms with Crippen LogP contribution in [0.2, 0.25) is 0 Å². The number of methoxy groups -OCH3 is 2. The van der Waals surface area contributed by atoms with Crippen molar-refractivity contribution in [2.75, 3.05) is 14.2 Å². The SMILES string of the molecule is COC(=O)c1ccc(/C=C2\Oc3c(ccc(OCc4cccc(OC)c4)c3C)C2=O)cc1. The monoisotopic (exact) mass is 430 g/mol. The van der Waals surface area contributed by atoms with Crippen LogP contribution >= 0.6 is 0 Å². The number of fused-ring (bicyclic) bond motifs is 1. The zero-order valence-corrected chi connectivity index (χ0v) is 18.0. The van der Waals surface area contributed by atoms with Gasteiger partial charge in [0.2, 0.25) is 5.78 Å². The van der Waals surface area contributed by atoms with Crippen LogP contribution in [0.1, 0.15) is 37.4 Å². The molecule has 3 aromatic carbocycles. The van der Waals surface area contributed by atoms with Crippen LogP contribution in [0.25, 0.3) is 6.08 Å². The summed E-state index contributed by atoms with van der Waals surface area (Å²) in [5, 5.41) is 0. The van der Waals surface area contributed by atoms with Crippen LogP contribution in [0.15, 0.2) is 66.4 Å². The molecule has 0 fully saturated rings. The number of hydrogen-bond acceptors (Lipinski definition) is 6. The molecule has 1 aliphatic rings. The van der Waals surface area contributed by atoms with Crippen LogP contribution in [0, 0.1) is 6.92 Å². The maximum atomic E-state index is 12.8. The van der Waals surface area contributed by atoms with Crippen LogP contribution in [-0.2, 0) is 11.3 Å². The molecule has 1 heterocycles. The lowest BCUT2D eigenvalue weighted by molar-refractivity contribution is 0.0600. The fourth-order valence-electron chi connectivity index (χ4n) is 3.43. The highest BCUT2D eigenvalue weighted by atomic mass is 16.5. The van der Waals surface area contributed by atoms with E-state index in [9.17, 15) is 9.59 Å². The fraction of sp³-hybridized carbons (Fsp3) is 0.154. The second-order valence-corrected chi connectivity index (χ2v) is 7.26. The predicted octanol–water partition coefficient (Wildman–Crippen LogP) is 4.99. The maximum Gasteiger partial charge on any atom is 0.337 e. The van der Waals surface area contributed by atoms with E-state index in [-0.39, 0.29) is 11.5 Å². The van der Waals surface area contributed by atoms with Crippen LogP contribution in [0.4, 0.5) is 0 Å². The first-order chi connectivity index (χ1) is 15.5. The molecule has 3 aromatic rings. The summed E-state index contributed by atoms with van der Waals surface area (Å²) in [6, 6.07) is 17.9. The zero-order chi connectivity index (χ0) is 22.7. The molecule has 0 amide bonds. The Morgan fingerprint density at radius 1 is 1.03 bits per heavy atom. The van der Waals surface area contributed by atoms with E-state index in [1.54, 1.807) is 49.6 Å². The second-order valence-electron chi connectivity index (χ2n) is 7.26. The van der Waals surface area contributed by atoms with Crippen molar-refractivity contribution in [3.63, 3.8) is 0 Å². The van der Waals surface area contributed by atoms with Crippen molar-refractivity contribution >= 4 is 17.8 Å². The molecule has 0 saturated heterocycles. The molecule has 0 N–H and O–H groups in total. The standard InChI is InChI=1S/C26H22O6/c1-16-22(31-15-18-5-4-6-20(13-18)29-2)12-11-21-24(27)23(32-25(16)21)14-17-7-9-19(10-8-17)26(28)30-3/h4-14H,15H2,1-3H3/b23-14-. The number of rotatable bonds is 6. The number of hydrogen-bond donors (Lipinski definition) is 0. The Morgan fingerprint density at radius 3 is 2.53 bits per heavy atom. The second kappa shape index (κ2) is 8.98. The zero-order valence-electron chi connectivity index (χ0n) is 18.0. The van der Waals surface area contributed by atoms with Gasteiger partial charge < -0.3 is 18.9 Å². The largest absolute Gasteiger partial charge is 0.497 e. The Balaban J connectivity index is 1.52. The summed E-state index contributed by atoms with van der Waals surface area (Å²) in [5.41, 5.74) is 3.39. The van der Waals surface area contributed by atoms with Gasteiger partial charge in [-0.1, -0.05) is 24.3 Å². The van der Waals surface area contributed by atoms with Crippen LogP contribution in [-0.4, -0.2) is 26.0 Å². The summed E-state index contributed by atoms with van der Waals surface area (Å²) in [6.07, 6.45) is 1.65. The number of benzene rings is 3. The number of ether oxygens (including phenoxy) is 4. The van der Waals surface area contributed by atoms with Gasteiger partial charge in [-0.3, -0.25) is 4.79 Å². The van der Waals surface area contributed by atoms with Crippen LogP contribution in [0.3, 0.4) is 0 Å². The highest BCUT2D eigenvalue weighted by Gasteiger charge is 2.30. The predicted molar refractivity (Wildman–Crippen MR) is 119 cm³/mol. The van der Waals surface area contributed by atoms with Gasteiger partial charge in [-0.15, -0.1) is 0 Å².